The molecule has 5 heteroatoms. The van der Waals surface area contributed by atoms with Crippen molar-refractivity contribution in [3.05, 3.63) is 0 Å². The predicted molar refractivity (Wildman–Crippen MR) is 57.8 cm³/mol. The molecule has 1 amide bonds. The van der Waals surface area contributed by atoms with Crippen molar-refractivity contribution in [1.82, 2.24) is 4.90 Å². The van der Waals surface area contributed by atoms with Crippen LogP contribution in [0.3, 0.4) is 0 Å². The molecule has 0 spiro atoms. The maximum absolute atomic E-state index is 12.1. The number of rotatable bonds is 3. The molecule has 1 fully saturated rings. The Labute approximate surface area is 95.3 Å². The second kappa shape index (κ2) is 4.14. The predicted octanol–water partition coefficient (Wildman–Crippen LogP) is 1.22. The molecule has 0 aromatic rings. The number of carbonyl (C=O) groups is 2. The van der Waals surface area contributed by atoms with Crippen LogP contribution < -0.4 is 0 Å². The van der Waals surface area contributed by atoms with Crippen LogP contribution in [0.1, 0.15) is 40.5 Å². The third-order valence-electron chi connectivity index (χ3n) is 2.91. The highest BCUT2D eigenvalue weighted by molar-refractivity contribution is 6.16. The maximum atomic E-state index is 12.1. The standard InChI is InChI=1S/C11H19NO4/c1-5-6-11(16-15)8(13)7-12(9(11)14)10(2,3)4/h15H,5-7H2,1-4H3. The molecule has 1 aliphatic heterocycles. The summed E-state index contributed by atoms with van der Waals surface area (Å²) in [4.78, 5) is 29.7. The fourth-order valence-electron chi connectivity index (χ4n) is 1.96. The number of amides is 1. The smallest absolute Gasteiger partial charge is 0.266 e. The van der Waals surface area contributed by atoms with Gasteiger partial charge in [-0.15, -0.1) is 0 Å². The van der Waals surface area contributed by atoms with Crippen LogP contribution in [0.5, 0.6) is 0 Å². The first-order valence-electron chi connectivity index (χ1n) is 5.47. The summed E-state index contributed by atoms with van der Waals surface area (Å²) >= 11 is 0. The number of ketones is 1. The van der Waals surface area contributed by atoms with Crippen molar-refractivity contribution in [3.63, 3.8) is 0 Å². The quantitative estimate of drug-likeness (QED) is 0.449. The van der Waals surface area contributed by atoms with Gasteiger partial charge in [-0.3, -0.25) is 14.8 Å². The fourth-order valence-corrected chi connectivity index (χ4v) is 1.96. The molecule has 0 radical (unpaired) electrons. The van der Waals surface area contributed by atoms with Gasteiger partial charge in [0.1, 0.15) is 0 Å². The van der Waals surface area contributed by atoms with E-state index in [-0.39, 0.29) is 18.7 Å². The van der Waals surface area contributed by atoms with Crippen LogP contribution in [0.25, 0.3) is 0 Å². The van der Waals surface area contributed by atoms with Gasteiger partial charge in [-0.25, -0.2) is 4.89 Å². The summed E-state index contributed by atoms with van der Waals surface area (Å²) in [7, 11) is 0. The molecule has 0 aromatic heterocycles. The molecule has 0 bridgehead atoms. The molecule has 0 saturated carbocycles. The summed E-state index contributed by atoms with van der Waals surface area (Å²) in [6.07, 6.45) is 0.809. The van der Waals surface area contributed by atoms with Crippen LogP contribution in [0.4, 0.5) is 0 Å². The molecular weight excluding hydrogens is 210 g/mol. The molecule has 0 aromatic carbocycles. The van der Waals surface area contributed by atoms with Crippen LogP contribution >= 0.6 is 0 Å². The zero-order valence-electron chi connectivity index (χ0n) is 10.2. The van der Waals surface area contributed by atoms with Gasteiger partial charge in [0.05, 0.1) is 6.54 Å². The Morgan fingerprint density at radius 3 is 2.31 bits per heavy atom. The summed E-state index contributed by atoms with van der Waals surface area (Å²) in [5, 5.41) is 8.90. The van der Waals surface area contributed by atoms with Crippen molar-refractivity contribution in [1.29, 1.82) is 0 Å². The van der Waals surface area contributed by atoms with Gasteiger partial charge in [0, 0.05) is 5.54 Å². The molecule has 1 saturated heterocycles. The third kappa shape index (κ3) is 1.85. The highest BCUT2D eigenvalue weighted by Crippen LogP contribution is 2.32. The topological polar surface area (TPSA) is 66.8 Å². The van der Waals surface area contributed by atoms with Gasteiger partial charge < -0.3 is 4.90 Å². The lowest BCUT2D eigenvalue weighted by Crippen LogP contribution is -2.49. The fraction of sp³-hybridized carbons (Fsp3) is 0.818. The lowest BCUT2D eigenvalue weighted by Gasteiger charge is -2.32. The van der Waals surface area contributed by atoms with E-state index in [0.29, 0.717) is 6.42 Å². The van der Waals surface area contributed by atoms with E-state index in [9.17, 15) is 9.59 Å². The van der Waals surface area contributed by atoms with Crippen molar-refractivity contribution < 1.29 is 19.7 Å². The zero-order chi connectivity index (χ0) is 12.6. The summed E-state index contributed by atoms with van der Waals surface area (Å²) < 4.78 is 0. The minimum absolute atomic E-state index is 0.00287. The molecule has 16 heavy (non-hydrogen) atoms. The average Bonchev–Trinajstić information content (AvgIpc) is 2.42. The SMILES string of the molecule is CCCC1(OO)C(=O)CN(C(C)(C)C)C1=O. The van der Waals surface area contributed by atoms with Gasteiger partial charge >= 0.3 is 0 Å². The molecule has 1 rings (SSSR count). The molecule has 1 atom stereocenters. The number of Topliss-reactive ketones (excluding diaryl/α,β-unsaturated/α-hetero) is 1. The summed E-state index contributed by atoms with van der Waals surface area (Å²) in [6.45, 7) is 7.37. The minimum atomic E-state index is -1.66. The van der Waals surface area contributed by atoms with Crippen LogP contribution in [-0.2, 0) is 14.5 Å². The lowest BCUT2D eigenvalue weighted by molar-refractivity contribution is -0.301. The Hall–Kier alpha value is -0.940. The van der Waals surface area contributed by atoms with Gasteiger partial charge in [0.15, 0.2) is 5.78 Å². The van der Waals surface area contributed by atoms with Crippen molar-refractivity contribution in [3.8, 4) is 0 Å². The number of carbonyl (C=O) groups excluding carboxylic acids is 2. The second-order valence-corrected chi connectivity index (χ2v) is 5.15. The van der Waals surface area contributed by atoms with E-state index in [2.05, 4.69) is 4.89 Å². The highest BCUT2D eigenvalue weighted by Gasteiger charge is 2.57. The molecular formula is C11H19NO4. The van der Waals surface area contributed by atoms with E-state index < -0.39 is 17.0 Å². The van der Waals surface area contributed by atoms with E-state index in [4.69, 9.17) is 5.26 Å². The Morgan fingerprint density at radius 2 is 2.00 bits per heavy atom. The average molecular weight is 229 g/mol. The minimum Gasteiger partial charge on any atom is -0.327 e. The van der Waals surface area contributed by atoms with Gasteiger partial charge in [-0.05, 0) is 27.2 Å². The van der Waals surface area contributed by atoms with Crippen LogP contribution in [0.2, 0.25) is 0 Å². The van der Waals surface area contributed by atoms with Crippen molar-refractivity contribution in [2.24, 2.45) is 0 Å². The molecule has 1 N–H and O–H groups in total. The Bertz CT molecular complexity index is 308. The van der Waals surface area contributed by atoms with E-state index in [1.165, 1.54) is 4.90 Å². The van der Waals surface area contributed by atoms with Gasteiger partial charge in [0.25, 0.3) is 5.91 Å². The van der Waals surface area contributed by atoms with E-state index in [0.717, 1.165) is 0 Å². The van der Waals surface area contributed by atoms with Crippen molar-refractivity contribution >= 4 is 11.7 Å². The van der Waals surface area contributed by atoms with Gasteiger partial charge in [-0.1, -0.05) is 13.3 Å². The Kier molecular flexibility index (Phi) is 3.40. The molecule has 5 nitrogen and oxygen atoms in total. The van der Waals surface area contributed by atoms with Gasteiger partial charge in [-0.2, -0.15) is 0 Å². The van der Waals surface area contributed by atoms with Crippen molar-refractivity contribution in [2.45, 2.75) is 51.7 Å². The Balaban J connectivity index is 3.06. The number of nitrogens with zero attached hydrogens (tertiary/aromatic N) is 1. The number of hydrogen-bond donors (Lipinski definition) is 1. The zero-order valence-corrected chi connectivity index (χ0v) is 10.2. The summed E-state index contributed by atoms with van der Waals surface area (Å²) in [5.74, 6) is -0.800. The summed E-state index contributed by atoms with van der Waals surface area (Å²) in [5.41, 5.74) is -2.11. The monoisotopic (exact) mass is 229 g/mol. The van der Waals surface area contributed by atoms with E-state index in [1.807, 2.05) is 27.7 Å². The first-order chi connectivity index (χ1) is 7.29. The van der Waals surface area contributed by atoms with Crippen molar-refractivity contribution in [2.75, 3.05) is 6.54 Å². The first kappa shape index (κ1) is 13.1. The third-order valence-corrected chi connectivity index (χ3v) is 2.91. The number of likely N-dealkylation sites (tertiary alicyclic amines) is 1. The molecule has 92 valence electrons. The van der Waals surface area contributed by atoms with Crippen LogP contribution in [-0.4, -0.2) is 39.5 Å². The number of hydrogen-bond acceptors (Lipinski definition) is 4. The molecule has 1 heterocycles. The summed E-state index contributed by atoms with van der Waals surface area (Å²) in [6, 6.07) is 0. The van der Waals surface area contributed by atoms with E-state index >= 15 is 0 Å². The maximum Gasteiger partial charge on any atom is 0.266 e. The first-order valence-corrected chi connectivity index (χ1v) is 5.47. The van der Waals surface area contributed by atoms with Crippen LogP contribution in [0.15, 0.2) is 0 Å². The second-order valence-electron chi connectivity index (χ2n) is 5.15. The lowest BCUT2D eigenvalue weighted by atomic mass is 9.95. The Morgan fingerprint density at radius 1 is 1.44 bits per heavy atom. The van der Waals surface area contributed by atoms with Crippen LogP contribution in [0, 0.1) is 0 Å². The highest BCUT2D eigenvalue weighted by atomic mass is 17.1. The van der Waals surface area contributed by atoms with E-state index in [1.54, 1.807) is 0 Å². The molecule has 0 aliphatic carbocycles. The largest absolute Gasteiger partial charge is 0.327 e. The normalized spacial score (nSPS) is 26.7. The molecule has 1 unspecified atom stereocenters. The molecule has 1 aliphatic rings. The van der Waals surface area contributed by atoms with Gasteiger partial charge in [0.2, 0.25) is 5.60 Å².